The van der Waals surface area contributed by atoms with E-state index < -0.39 is 0 Å². The number of H-pyrrole nitrogens is 1. The molecule has 0 fully saturated rings. The van der Waals surface area contributed by atoms with Gasteiger partial charge in [0, 0.05) is 23.6 Å². The molecular weight excluding hydrogens is 458 g/mol. The fraction of sp³-hybridized carbons (Fsp3) is 0.240. The van der Waals surface area contributed by atoms with Crippen LogP contribution < -0.4 is 10.9 Å². The molecule has 0 unspecified atom stereocenters. The number of fused-ring (bicyclic) bond motifs is 1. The third kappa shape index (κ3) is 5.80. The zero-order chi connectivity index (χ0) is 23.2. The standard InChI is InChI=1S/C25H24ClN3O3S/c26-18-11-9-17(10-12-18)22-14-13-19(32-22)16-27-23(30)8-2-1-5-15-29-24(31)20-6-3-4-7-21(20)28-25(29)33/h3-4,6-7,9-14H,1-2,5,8,15-16H2,(H,27,30)(H,28,33). The first-order chi connectivity index (χ1) is 16.0. The van der Waals surface area contributed by atoms with Crippen LogP contribution in [0.25, 0.3) is 22.2 Å². The molecule has 33 heavy (non-hydrogen) atoms. The second-order valence-electron chi connectivity index (χ2n) is 7.79. The largest absolute Gasteiger partial charge is 0.459 e. The number of hydrogen-bond donors (Lipinski definition) is 2. The number of carbonyl (C=O) groups is 1. The Morgan fingerprint density at radius 2 is 1.82 bits per heavy atom. The maximum Gasteiger partial charge on any atom is 0.262 e. The number of halogens is 1. The van der Waals surface area contributed by atoms with Crippen LogP contribution in [0, 0.1) is 4.77 Å². The molecule has 0 aliphatic rings. The Balaban J connectivity index is 1.20. The fourth-order valence-corrected chi connectivity index (χ4v) is 4.06. The zero-order valence-corrected chi connectivity index (χ0v) is 19.5. The van der Waals surface area contributed by atoms with Crippen molar-refractivity contribution in [2.75, 3.05) is 0 Å². The molecule has 0 aliphatic carbocycles. The number of para-hydroxylation sites is 1. The van der Waals surface area contributed by atoms with Gasteiger partial charge >= 0.3 is 0 Å². The summed E-state index contributed by atoms with van der Waals surface area (Å²) in [7, 11) is 0. The number of rotatable bonds is 9. The molecule has 6 nitrogen and oxygen atoms in total. The Bertz CT molecular complexity index is 1370. The molecule has 0 spiro atoms. The van der Waals surface area contributed by atoms with Gasteiger partial charge in [0.2, 0.25) is 5.91 Å². The Labute approximate surface area is 201 Å². The van der Waals surface area contributed by atoms with Crippen molar-refractivity contribution in [1.29, 1.82) is 0 Å². The van der Waals surface area contributed by atoms with Gasteiger partial charge in [-0.1, -0.05) is 30.2 Å². The van der Waals surface area contributed by atoms with E-state index in [-0.39, 0.29) is 11.5 Å². The lowest BCUT2D eigenvalue weighted by molar-refractivity contribution is -0.121. The van der Waals surface area contributed by atoms with E-state index in [1.165, 1.54) is 0 Å². The van der Waals surface area contributed by atoms with Crippen molar-refractivity contribution >= 4 is 40.6 Å². The molecule has 2 N–H and O–H groups in total. The lowest BCUT2D eigenvalue weighted by Crippen LogP contribution is -2.23. The molecule has 2 aromatic heterocycles. The highest BCUT2D eigenvalue weighted by Crippen LogP contribution is 2.23. The van der Waals surface area contributed by atoms with Gasteiger partial charge < -0.3 is 14.7 Å². The highest BCUT2D eigenvalue weighted by Gasteiger charge is 2.08. The van der Waals surface area contributed by atoms with Crippen molar-refractivity contribution in [1.82, 2.24) is 14.9 Å². The van der Waals surface area contributed by atoms with Gasteiger partial charge in [-0.15, -0.1) is 0 Å². The van der Waals surface area contributed by atoms with Crippen molar-refractivity contribution < 1.29 is 9.21 Å². The molecule has 8 heteroatoms. The first kappa shape index (κ1) is 23.0. The molecule has 170 valence electrons. The van der Waals surface area contributed by atoms with Crippen molar-refractivity contribution in [2.24, 2.45) is 0 Å². The minimum absolute atomic E-state index is 0.0281. The first-order valence-electron chi connectivity index (χ1n) is 10.8. The van der Waals surface area contributed by atoms with E-state index in [9.17, 15) is 9.59 Å². The van der Waals surface area contributed by atoms with Gasteiger partial charge in [-0.25, -0.2) is 0 Å². The van der Waals surface area contributed by atoms with Crippen molar-refractivity contribution in [3.8, 4) is 11.3 Å². The monoisotopic (exact) mass is 481 g/mol. The van der Waals surface area contributed by atoms with Gasteiger partial charge in [-0.05, 0) is 73.6 Å². The molecule has 2 aromatic carbocycles. The smallest absolute Gasteiger partial charge is 0.262 e. The maximum atomic E-state index is 12.6. The van der Waals surface area contributed by atoms with Crippen LogP contribution in [0.5, 0.6) is 0 Å². The average Bonchev–Trinajstić information content (AvgIpc) is 3.29. The molecule has 0 radical (unpaired) electrons. The summed E-state index contributed by atoms with van der Waals surface area (Å²) in [6.45, 7) is 0.870. The Morgan fingerprint density at radius 1 is 1.03 bits per heavy atom. The van der Waals surface area contributed by atoms with Crippen molar-refractivity contribution in [3.05, 3.63) is 86.6 Å². The predicted octanol–water partition coefficient (Wildman–Crippen LogP) is 5.85. The topological polar surface area (TPSA) is 80.0 Å². The number of unbranched alkanes of at least 4 members (excludes halogenated alkanes) is 2. The van der Waals surface area contributed by atoms with Gasteiger partial charge in [-0.2, -0.15) is 0 Å². The van der Waals surface area contributed by atoms with Gasteiger partial charge in [-0.3, -0.25) is 14.2 Å². The SMILES string of the molecule is O=C(CCCCCn1c(=S)[nH]c2ccccc2c1=O)NCc1ccc(-c2ccc(Cl)cc2)o1. The lowest BCUT2D eigenvalue weighted by Gasteiger charge is -2.08. The third-order valence-electron chi connectivity index (χ3n) is 5.43. The van der Waals surface area contributed by atoms with E-state index in [1.807, 2.05) is 54.6 Å². The Hall–Kier alpha value is -3.16. The molecular formula is C25H24ClN3O3S. The van der Waals surface area contributed by atoms with Gasteiger partial charge in [0.05, 0.1) is 17.4 Å². The molecule has 0 aliphatic heterocycles. The van der Waals surface area contributed by atoms with Crippen LogP contribution in [0.4, 0.5) is 0 Å². The molecule has 2 heterocycles. The quantitative estimate of drug-likeness (QED) is 0.232. The van der Waals surface area contributed by atoms with Crippen LogP contribution in [-0.4, -0.2) is 15.5 Å². The molecule has 0 saturated carbocycles. The number of nitrogens with one attached hydrogen (secondary N) is 2. The van der Waals surface area contributed by atoms with Crippen LogP contribution in [0.1, 0.15) is 31.4 Å². The summed E-state index contributed by atoms with van der Waals surface area (Å²) in [4.78, 5) is 27.9. The highest BCUT2D eigenvalue weighted by molar-refractivity contribution is 7.71. The number of benzene rings is 2. The van der Waals surface area contributed by atoms with E-state index in [0.29, 0.717) is 40.5 Å². The number of amides is 1. The molecule has 4 aromatic rings. The number of furan rings is 1. The molecule has 4 rings (SSSR count). The summed E-state index contributed by atoms with van der Waals surface area (Å²) < 4.78 is 7.82. The number of nitrogens with zero attached hydrogens (tertiary/aromatic N) is 1. The van der Waals surface area contributed by atoms with E-state index in [0.717, 1.165) is 36.1 Å². The van der Waals surface area contributed by atoms with Crippen LogP contribution in [0.3, 0.4) is 0 Å². The summed E-state index contributed by atoms with van der Waals surface area (Å²) in [6, 6.07) is 18.5. The summed E-state index contributed by atoms with van der Waals surface area (Å²) in [5.41, 5.74) is 1.60. The molecule has 0 bridgehead atoms. The lowest BCUT2D eigenvalue weighted by atomic mass is 10.2. The summed E-state index contributed by atoms with van der Waals surface area (Å²) >= 11 is 11.3. The number of carbonyl (C=O) groups excluding carboxylic acids is 1. The van der Waals surface area contributed by atoms with Gasteiger partial charge in [0.15, 0.2) is 4.77 Å². The van der Waals surface area contributed by atoms with Crippen LogP contribution in [-0.2, 0) is 17.9 Å². The van der Waals surface area contributed by atoms with Crippen molar-refractivity contribution in [2.45, 2.75) is 38.8 Å². The number of aromatic nitrogens is 2. The Morgan fingerprint density at radius 3 is 2.64 bits per heavy atom. The first-order valence-corrected chi connectivity index (χ1v) is 11.6. The third-order valence-corrected chi connectivity index (χ3v) is 6.00. The minimum Gasteiger partial charge on any atom is -0.459 e. The second kappa shape index (κ2) is 10.6. The molecule has 1 amide bonds. The number of aromatic amines is 1. The number of hydrogen-bond acceptors (Lipinski definition) is 4. The van der Waals surface area contributed by atoms with Crippen LogP contribution in [0.2, 0.25) is 5.02 Å². The van der Waals surface area contributed by atoms with E-state index in [4.69, 9.17) is 28.2 Å². The zero-order valence-electron chi connectivity index (χ0n) is 18.0. The van der Waals surface area contributed by atoms with Gasteiger partial charge in [0.1, 0.15) is 11.5 Å². The fourth-order valence-electron chi connectivity index (χ4n) is 3.65. The minimum atomic E-state index is -0.0801. The molecule has 0 saturated heterocycles. The normalized spacial score (nSPS) is 11.1. The predicted molar refractivity (Wildman–Crippen MR) is 133 cm³/mol. The maximum absolute atomic E-state index is 12.6. The molecule has 0 atom stereocenters. The highest BCUT2D eigenvalue weighted by atomic mass is 35.5. The Kier molecular flexibility index (Phi) is 7.42. The van der Waals surface area contributed by atoms with Crippen molar-refractivity contribution in [3.63, 3.8) is 0 Å². The van der Waals surface area contributed by atoms with Gasteiger partial charge in [0.25, 0.3) is 5.56 Å². The van der Waals surface area contributed by atoms with Crippen LogP contribution in [0.15, 0.2) is 69.9 Å². The van der Waals surface area contributed by atoms with Crippen LogP contribution >= 0.6 is 23.8 Å². The van der Waals surface area contributed by atoms with E-state index in [2.05, 4.69) is 10.3 Å². The second-order valence-corrected chi connectivity index (χ2v) is 8.62. The summed E-state index contributed by atoms with van der Waals surface area (Å²) in [6.07, 6.45) is 2.75. The van der Waals surface area contributed by atoms with E-state index >= 15 is 0 Å². The van der Waals surface area contributed by atoms with E-state index in [1.54, 1.807) is 10.6 Å². The average molecular weight is 482 g/mol. The summed E-state index contributed by atoms with van der Waals surface area (Å²) in [5.74, 6) is 1.40. The summed E-state index contributed by atoms with van der Waals surface area (Å²) in [5, 5.41) is 4.19.